The number of hydrogen-bond donors (Lipinski definition) is 0. The molecule has 2 fully saturated rings. The van der Waals surface area contributed by atoms with E-state index in [9.17, 15) is 13.2 Å². The van der Waals surface area contributed by atoms with E-state index in [2.05, 4.69) is 6.92 Å². The third-order valence-electron chi connectivity index (χ3n) is 4.02. The van der Waals surface area contributed by atoms with Crippen LogP contribution in [0.5, 0.6) is 0 Å². The van der Waals surface area contributed by atoms with Crippen LogP contribution >= 0.6 is 0 Å². The van der Waals surface area contributed by atoms with Crippen LogP contribution in [0.3, 0.4) is 0 Å². The maximum atomic E-state index is 11.6. The molecule has 19 heavy (non-hydrogen) atoms. The van der Waals surface area contributed by atoms with E-state index in [1.807, 2.05) is 0 Å². The van der Waals surface area contributed by atoms with Crippen molar-refractivity contribution >= 4 is 15.9 Å². The summed E-state index contributed by atoms with van der Waals surface area (Å²) in [6.45, 7) is 4.02. The van der Waals surface area contributed by atoms with Gasteiger partial charge in [-0.1, -0.05) is 13.3 Å². The van der Waals surface area contributed by atoms with Gasteiger partial charge in [-0.15, -0.1) is 0 Å². The van der Waals surface area contributed by atoms with Gasteiger partial charge in [-0.3, -0.25) is 0 Å². The first kappa shape index (κ1) is 14.6. The second-order valence-corrected chi connectivity index (χ2v) is 8.38. The van der Waals surface area contributed by atoms with Gasteiger partial charge < -0.3 is 9.64 Å². The molecule has 1 aliphatic carbocycles. The Morgan fingerprint density at radius 3 is 2.53 bits per heavy atom. The number of amides is 1. The minimum atomic E-state index is -2.87. The molecule has 0 radical (unpaired) electrons. The van der Waals surface area contributed by atoms with Gasteiger partial charge in [0.05, 0.1) is 12.4 Å². The van der Waals surface area contributed by atoms with Crippen molar-refractivity contribution in [2.45, 2.75) is 32.6 Å². The van der Waals surface area contributed by atoms with E-state index in [0.717, 1.165) is 38.8 Å². The smallest absolute Gasteiger partial charge is 0.409 e. The predicted octanol–water partition coefficient (Wildman–Crippen LogP) is 1.68. The maximum absolute atomic E-state index is 11.6. The molecule has 1 heterocycles. The van der Waals surface area contributed by atoms with Crippen molar-refractivity contribution in [3.8, 4) is 0 Å². The highest BCUT2D eigenvalue weighted by atomic mass is 32.2. The lowest BCUT2D eigenvalue weighted by Crippen LogP contribution is -2.64. The molecular weight excluding hydrogens is 266 g/mol. The van der Waals surface area contributed by atoms with E-state index in [0.29, 0.717) is 6.61 Å². The van der Waals surface area contributed by atoms with Gasteiger partial charge in [-0.2, -0.15) is 0 Å². The molecule has 2 rings (SSSR count). The van der Waals surface area contributed by atoms with Gasteiger partial charge in [0.1, 0.15) is 9.84 Å². The number of carbonyl (C=O) groups excluding carboxylic acids is 1. The van der Waals surface area contributed by atoms with E-state index < -0.39 is 9.84 Å². The Bertz CT molecular complexity index is 432. The van der Waals surface area contributed by atoms with E-state index in [4.69, 9.17) is 4.74 Å². The first-order valence-corrected chi connectivity index (χ1v) is 8.99. The lowest BCUT2D eigenvalue weighted by molar-refractivity contribution is -0.0788. The number of nitrogens with zero attached hydrogens (tertiary/aromatic N) is 1. The first-order chi connectivity index (χ1) is 8.84. The summed E-state index contributed by atoms with van der Waals surface area (Å²) < 4.78 is 27.5. The Morgan fingerprint density at radius 1 is 1.37 bits per heavy atom. The van der Waals surface area contributed by atoms with Crippen LogP contribution in [-0.4, -0.2) is 51.1 Å². The summed E-state index contributed by atoms with van der Waals surface area (Å²) in [4.78, 5) is 13.4. The van der Waals surface area contributed by atoms with Gasteiger partial charge in [-0.25, -0.2) is 13.2 Å². The molecule has 1 spiro atoms. The first-order valence-electron chi connectivity index (χ1n) is 6.93. The molecule has 0 unspecified atom stereocenters. The van der Waals surface area contributed by atoms with Crippen molar-refractivity contribution in [3.63, 3.8) is 0 Å². The van der Waals surface area contributed by atoms with Crippen molar-refractivity contribution < 1.29 is 17.9 Å². The van der Waals surface area contributed by atoms with Gasteiger partial charge in [-0.05, 0) is 25.2 Å². The maximum Gasteiger partial charge on any atom is 0.409 e. The molecule has 1 aliphatic heterocycles. The Balaban J connectivity index is 1.66. The fraction of sp³-hybridized carbons (Fsp3) is 0.923. The lowest BCUT2D eigenvalue weighted by Gasteiger charge is -2.58. The molecule has 5 nitrogen and oxygen atoms in total. The van der Waals surface area contributed by atoms with Gasteiger partial charge in [0, 0.05) is 24.8 Å². The Labute approximate surface area is 115 Å². The molecule has 0 aromatic heterocycles. The third kappa shape index (κ3) is 3.61. The van der Waals surface area contributed by atoms with E-state index in [1.54, 1.807) is 4.90 Å². The SMILES string of the molecule is CCCCOC(=O)N1CC2(CC(CS(C)(=O)=O)C2)C1. The summed E-state index contributed by atoms with van der Waals surface area (Å²) in [5.41, 5.74) is 0.194. The Morgan fingerprint density at radius 2 is 2.00 bits per heavy atom. The van der Waals surface area contributed by atoms with Crippen molar-refractivity contribution in [2.24, 2.45) is 11.3 Å². The normalized spacial score (nSPS) is 21.9. The van der Waals surface area contributed by atoms with Gasteiger partial charge in [0.15, 0.2) is 0 Å². The predicted molar refractivity (Wildman–Crippen MR) is 72.7 cm³/mol. The highest BCUT2D eigenvalue weighted by Gasteiger charge is 2.54. The molecule has 110 valence electrons. The minimum Gasteiger partial charge on any atom is -0.449 e. The molecule has 1 saturated carbocycles. The monoisotopic (exact) mass is 289 g/mol. The van der Waals surface area contributed by atoms with Gasteiger partial charge >= 0.3 is 6.09 Å². The number of unbranched alkanes of at least 4 members (excludes halogenated alkanes) is 1. The van der Waals surface area contributed by atoms with Crippen LogP contribution in [0.25, 0.3) is 0 Å². The number of ether oxygens (including phenoxy) is 1. The molecule has 2 aliphatic rings. The standard InChI is InChI=1S/C13H23NO4S/c1-3-4-5-18-12(15)14-9-13(10-14)6-11(7-13)8-19(2,16)17/h11H,3-10H2,1-2H3. The summed E-state index contributed by atoms with van der Waals surface area (Å²) in [6, 6.07) is 0. The van der Waals surface area contributed by atoms with Crippen LogP contribution in [0.2, 0.25) is 0 Å². The number of likely N-dealkylation sites (tertiary alicyclic amines) is 1. The fourth-order valence-corrected chi connectivity index (χ4v) is 4.35. The molecular formula is C13H23NO4S. The van der Waals surface area contributed by atoms with Crippen LogP contribution < -0.4 is 0 Å². The Hall–Kier alpha value is -0.780. The number of sulfone groups is 1. The Kier molecular flexibility index (Phi) is 4.08. The van der Waals surface area contributed by atoms with Crippen molar-refractivity contribution in [1.29, 1.82) is 0 Å². The molecule has 0 atom stereocenters. The molecule has 0 aromatic carbocycles. The zero-order valence-electron chi connectivity index (χ0n) is 11.7. The fourth-order valence-electron chi connectivity index (χ4n) is 3.26. The van der Waals surface area contributed by atoms with Crippen LogP contribution in [0.1, 0.15) is 32.6 Å². The van der Waals surface area contributed by atoms with Crippen LogP contribution in [0.4, 0.5) is 4.79 Å². The van der Waals surface area contributed by atoms with Gasteiger partial charge in [0.2, 0.25) is 0 Å². The van der Waals surface area contributed by atoms with Crippen molar-refractivity contribution in [1.82, 2.24) is 4.90 Å². The number of hydrogen-bond acceptors (Lipinski definition) is 4. The average molecular weight is 289 g/mol. The number of carbonyl (C=O) groups is 1. The lowest BCUT2D eigenvalue weighted by atomic mass is 9.58. The third-order valence-corrected chi connectivity index (χ3v) is 5.09. The molecule has 1 amide bonds. The van der Waals surface area contributed by atoms with Crippen LogP contribution in [0, 0.1) is 11.3 Å². The van der Waals surface area contributed by atoms with Crippen molar-refractivity contribution in [2.75, 3.05) is 31.7 Å². The van der Waals surface area contributed by atoms with Gasteiger partial charge in [0.25, 0.3) is 0 Å². The van der Waals surface area contributed by atoms with E-state index in [1.165, 1.54) is 6.26 Å². The minimum absolute atomic E-state index is 0.194. The summed E-state index contributed by atoms with van der Waals surface area (Å²) in [5, 5.41) is 0. The molecule has 1 saturated heterocycles. The second-order valence-electron chi connectivity index (χ2n) is 6.19. The molecule has 6 heteroatoms. The molecule has 0 aromatic rings. The second kappa shape index (κ2) is 5.31. The number of rotatable bonds is 5. The van der Waals surface area contributed by atoms with Crippen LogP contribution in [0.15, 0.2) is 0 Å². The quantitative estimate of drug-likeness (QED) is 0.722. The van der Waals surface area contributed by atoms with E-state index in [-0.39, 0.29) is 23.2 Å². The molecule has 0 N–H and O–H groups in total. The zero-order valence-corrected chi connectivity index (χ0v) is 12.5. The summed E-state index contributed by atoms with van der Waals surface area (Å²) >= 11 is 0. The highest BCUT2D eigenvalue weighted by molar-refractivity contribution is 7.90. The van der Waals surface area contributed by atoms with Crippen molar-refractivity contribution in [3.05, 3.63) is 0 Å². The highest BCUT2D eigenvalue weighted by Crippen LogP contribution is 2.52. The zero-order chi connectivity index (χ0) is 14.1. The topological polar surface area (TPSA) is 63.7 Å². The summed E-state index contributed by atoms with van der Waals surface area (Å²) in [6.07, 6.45) is 4.85. The molecule has 0 bridgehead atoms. The van der Waals surface area contributed by atoms with Crippen LogP contribution in [-0.2, 0) is 14.6 Å². The van der Waals surface area contributed by atoms with E-state index >= 15 is 0 Å². The summed E-state index contributed by atoms with van der Waals surface area (Å²) in [7, 11) is -2.87. The largest absolute Gasteiger partial charge is 0.449 e. The summed E-state index contributed by atoms with van der Waals surface area (Å²) in [5.74, 6) is 0.573. The average Bonchev–Trinajstić information content (AvgIpc) is 2.18.